The Morgan fingerprint density at radius 3 is 2.39 bits per heavy atom. The van der Waals surface area contributed by atoms with Crippen LogP contribution in [0.3, 0.4) is 0 Å². The number of aromatic nitrogens is 2. The minimum atomic E-state index is -1.41. The Morgan fingerprint density at radius 1 is 1.26 bits per heavy atom. The fourth-order valence-electron chi connectivity index (χ4n) is 4.42. The van der Waals surface area contributed by atoms with Crippen molar-refractivity contribution in [3.63, 3.8) is 0 Å². The average Bonchev–Trinajstić information content (AvgIpc) is 3.19. The number of hydrogen-bond acceptors (Lipinski definition) is 3. The third kappa shape index (κ3) is 4.48. The van der Waals surface area contributed by atoms with Crippen molar-refractivity contribution in [2.45, 2.75) is 58.7 Å². The van der Waals surface area contributed by atoms with E-state index in [1.165, 1.54) is 6.08 Å². The van der Waals surface area contributed by atoms with Crippen molar-refractivity contribution in [1.29, 1.82) is 0 Å². The molecule has 0 spiro atoms. The number of alkyl halides is 1. The number of benzene rings is 1. The van der Waals surface area contributed by atoms with Crippen molar-refractivity contribution in [2.24, 2.45) is 5.92 Å². The minimum Gasteiger partial charge on any atom is -0.339 e. The molecule has 0 N–H and O–H groups in total. The third-order valence-corrected chi connectivity index (χ3v) is 6.44. The van der Waals surface area contributed by atoms with Crippen LogP contribution in [0.1, 0.15) is 73.4 Å². The van der Waals surface area contributed by atoms with E-state index >= 15 is 4.39 Å². The van der Waals surface area contributed by atoms with E-state index in [2.05, 4.69) is 11.7 Å². The first kappa shape index (κ1) is 22.9. The summed E-state index contributed by atoms with van der Waals surface area (Å²) in [6, 6.07) is 8.73. The maximum absolute atomic E-state index is 15.3. The summed E-state index contributed by atoms with van der Waals surface area (Å²) in [5.41, 5.74) is 1.02. The van der Waals surface area contributed by atoms with Gasteiger partial charge in [0.1, 0.15) is 11.4 Å². The zero-order chi connectivity index (χ0) is 22.8. The predicted molar refractivity (Wildman–Crippen MR) is 120 cm³/mol. The Morgan fingerprint density at radius 2 is 1.87 bits per heavy atom. The molecule has 1 amide bonds. The molecule has 2 heterocycles. The molecule has 5 nitrogen and oxygen atoms in total. The lowest BCUT2D eigenvalue weighted by Gasteiger charge is -2.32. The standard InChI is InChI=1S/C25H32FN3O2/c1-6-23(30)28-14-12-21(13-15-28)29-22(16-18(5)27-29)24(31)19-8-10-20(11-9-19)25(26,7-2)17(3)4/h6,8-11,16-17,21H,1,7,12-15H2,2-5H3. The Hall–Kier alpha value is -2.76. The lowest BCUT2D eigenvalue weighted by molar-refractivity contribution is -0.127. The number of aryl methyl sites for hydroxylation is 1. The van der Waals surface area contributed by atoms with Crippen LogP contribution in [0.25, 0.3) is 0 Å². The van der Waals surface area contributed by atoms with E-state index in [-0.39, 0.29) is 23.7 Å². The smallest absolute Gasteiger partial charge is 0.245 e. The molecule has 1 aliphatic rings. The van der Waals surface area contributed by atoms with Crippen molar-refractivity contribution in [3.8, 4) is 0 Å². The van der Waals surface area contributed by atoms with E-state index in [4.69, 9.17) is 0 Å². The molecule has 0 saturated carbocycles. The van der Waals surface area contributed by atoms with Gasteiger partial charge in [0.25, 0.3) is 0 Å². The highest BCUT2D eigenvalue weighted by Gasteiger charge is 2.34. The molecule has 1 unspecified atom stereocenters. The monoisotopic (exact) mass is 425 g/mol. The maximum Gasteiger partial charge on any atom is 0.245 e. The van der Waals surface area contributed by atoms with Gasteiger partial charge < -0.3 is 4.90 Å². The van der Waals surface area contributed by atoms with Gasteiger partial charge in [0.05, 0.1) is 11.7 Å². The molecule has 6 heteroatoms. The summed E-state index contributed by atoms with van der Waals surface area (Å²) >= 11 is 0. The molecule has 1 aromatic carbocycles. The number of halogens is 1. The molecule has 3 rings (SSSR count). The third-order valence-electron chi connectivity index (χ3n) is 6.44. The van der Waals surface area contributed by atoms with Crippen LogP contribution < -0.4 is 0 Å². The molecule has 1 atom stereocenters. The first-order chi connectivity index (χ1) is 14.7. The fraction of sp³-hybridized carbons (Fsp3) is 0.480. The summed E-state index contributed by atoms with van der Waals surface area (Å²) in [6.45, 7) is 12.2. The number of carbonyl (C=O) groups is 2. The fourth-order valence-corrected chi connectivity index (χ4v) is 4.42. The zero-order valence-electron chi connectivity index (χ0n) is 18.9. The topological polar surface area (TPSA) is 55.2 Å². The van der Waals surface area contributed by atoms with Crippen molar-refractivity contribution in [2.75, 3.05) is 13.1 Å². The van der Waals surface area contributed by atoms with Crippen LogP contribution in [-0.2, 0) is 10.5 Å². The van der Waals surface area contributed by atoms with Crippen LogP contribution in [0.15, 0.2) is 43.0 Å². The summed E-state index contributed by atoms with van der Waals surface area (Å²) < 4.78 is 17.1. The first-order valence-corrected chi connectivity index (χ1v) is 11.0. The van der Waals surface area contributed by atoms with Crippen molar-refractivity contribution >= 4 is 11.7 Å². The van der Waals surface area contributed by atoms with Gasteiger partial charge in [-0.1, -0.05) is 51.6 Å². The predicted octanol–water partition coefficient (Wildman–Crippen LogP) is 5.00. The number of rotatable bonds is 7. The molecule has 1 saturated heterocycles. The highest BCUT2D eigenvalue weighted by atomic mass is 19.1. The molecule has 1 fully saturated rings. The second-order valence-corrected chi connectivity index (χ2v) is 8.65. The van der Waals surface area contributed by atoms with Crippen LogP contribution in [0, 0.1) is 12.8 Å². The van der Waals surface area contributed by atoms with Gasteiger partial charge in [-0.3, -0.25) is 14.3 Å². The van der Waals surface area contributed by atoms with E-state index < -0.39 is 5.67 Å². The summed E-state index contributed by atoms with van der Waals surface area (Å²) in [5.74, 6) is -0.340. The Balaban J connectivity index is 1.82. The molecule has 0 aliphatic carbocycles. The van der Waals surface area contributed by atoms with Crippen molar-refractivity contribution < 1.29 is 14.0 Å². The van der Waals surface area contributed by atoms with Gasteiger partial charge in [-0.05, 0) is 49.8 Å². The molecule has 1 aromatic heterocycles. The lowest BCUT2D eigenvalue weighted by atomic mass is 9.82. The quantitative estimate of drug-likeness (QED) is 0.463. The second kappa shape index (κ2) is 9.16. The molecule has 166 valence electrons. The number of piperidine rings is 1. The summed E-state index contributed by atoms with van der Waals surface area (Å²) in [4.78, 5) is 26.9. The van der Waals surface area contributed by atoms with E-state index in [1.54, 1.807) is 39.9 Å². The molecular weight excluding hydrogens is 393 g/mol. The molecular formula is C25H32FN3O2. The van der Waals surface area contributed by atoms with Gasteiger partial charge >= 0.3 is 0 Å². The number of ketones is 1. The van der Waals surface area contributed by atoms with E-state index in [0.717, 1.165) is 18.5 Å². The van der Waals surface area contributed by atoms with Crippen molar-refractivity contribution in [1.82, 2.24) is 14.7 Å². The van der Waals surface area contributed by atoms with Gasteiger partial charge in [0.2, 0.25) is 11.7 Å². The van der Waals surface area contributed by atoms with Crippen molar-refractivity contribution in [3.05, 3.63) is 65.5 Å². The van der Waals surface area contributed by atoms with Gasteiger partial charge in [0, 0.05) is 18.7 Å². The Bertz CT molecular complexity index is 956. The Labute approximate surface area is 183 Å². The SMILES string of the molecule is C=CC(=O)N1CCC(n2nc(C)cc2C(=O)c2ccc(C(F)(CC)C(C)C)cc2)CC1. The number of amides is 1. The van der Waals surface area contributed by atoms with Crippen LogP contribution in [-0.4, -0.2) is 39.5 Å². The highest BCUT2D eigenvalue weighted by molar-refractivity contribution is 6.08. The van der Waals surface area contributed by atoms with Crippen LogP contribution in [0.2, 0.25) is 0 Å². The number of nitrogens with zero attached hydrogens (tertiary/aromatic N) is 3. The van der Waals surface area contributed by atoms with E-state index in [1.807, 2.05) is 27.7 Å². The molecule has 31 heavy (non-hydrogen) atoms. The van der Waals surface area contributed by atoms with Gasteiger partial charge in [-0.25, -0.2) is 4.39 Å². The van der Waals surface area contributed by atoms with Crippen LogP contribution in [0.4, 0.5) is 4.39 Å². The molecule has 0 bridgehead atoms. The largest absolute Gasteiger partial charge is 0.339 e. The summed E-state index contributed by atoms with van der Waals surface area (Å²) in [5, 5.41) is 4.58. The normalized spacial score (nSPS) is 16.9. The minimum absolute atomic E-state index is 0.0558. The van der Waals surface area contributed by atoms with E-state index in [0.29, 0.717) is 36.3 Å². The Kier molecular flexibility index (Phi) is 6.77. The lowest BCUT2D eigenvalue weighted by Crippen LogP contribution is -2.38. The van der Waals surface area contributed by atoms with Gasteiger partial charge in [0.15, 0.2) is 0 Å². The zero-order valence-corrected chi connectivity index (χ0v) is 18.9. The molecule has 2 aromatic rings. The highest BCUT2D eigenvalue weighted by Crippen LogP contribution is 2.37. The molecule has 0 radical (unpaired) electrons. The number of hydrogen-bond donors (Lipinski definition) is 0. The summed E-state index contributed by atoms with van der Waals surface area (Å²) in [6.07, 6.45) is 3.18. The van der Waals surface area contributed by atoms with Gasteiger partial charge in [-0.15, -0.1) is 0 Å². The van der Waals surface area contributed by atoms with Gasteiger partial charge in [-0.2, -0.15) is 5.10 Å². The van der Waals surface area contributed by atoms with Crippen LogP contribution >= 0.6 is 0 Å². The molecule has 1 aliphatic heterocycles. The second-order valence-electron chi connectivity index (χ2n) is 8.65. The average molecular weight is 426 g/mol. The number of likely N-dealkylation sites (tertiary alicyclic amines) is 1. The van der Waals surface area contributed by atoms with Crippen LogP contribution in [0.5, 0.6) is 0 Å². The number of carbonyl (C=O) groups excluding carboxylic acids is 2. The maximum atomic E-state index is 15.3. The first-order valence-electron chi connectivity index (χ1n) is 11.0. The van der Waals surface area contributed by atoms with E-state index in [9.17, 15) is 9.59 Å². The summed E-state index contributed by atoms with van der Waals surface area (Å²) in [7, 11) is 0.